The van der Waals surface area contributed by atoms with Gasteiger partial charge in [0.2, 0.25) is 0 Å². The lowest BCUT2D eigenvalue weighted by Crippen LogP contribution is -2.12. The van der Waals surface area contributed by atoms with Crippen LogP contribution in [-0.4, -0.2) is 26.3 Å². The van der Waals surface area contributed by atoms with Crippen molar-refractivity contribution in [2.24, 2.45) is 0 Å². The maximum Gasteiger partial charge on any atom is 0.274 e. The van der Waals surface area contributed by atoms with Crippen molar-refractivity contribution in [1.82, 2.24) is 20.4 Å². The quantitative estimate of drug-likeness (QED) is 0.642. The maximum atomic E-state index is 13.4. The van der Waals surface area contributed by atoms with Crippen LogP contribution in [0.1, 0.15) is 10.5 Å². The van der Waals surface area contributed by atoms with Crippen LogP contribution in [0.15, 0.2) is 30.6 Å². The molecule has 0 radical (unpaired) electrons. The number of para-hydroxylation sites is 1. The molecule has 90 valence electrons. The van der Waals surface area contributed by atoms with Gasteiger partial charge in [0.05, 0.1) is 11.9 Å². The van der Waals surface area contributed by atoms with Crippen LogP contribution >= 0.6 is 0 Å². The number of aromatic nitrogens is 4. The van der Waals surface area contributed by atoms with E-state index < -0.39 is 11.7 Å². The summed E-state index contributed by atoms with van der Waals surface area (Å²) in [6.07, 6.45) is 3.01. The van der Waals surface area contributed by atoms with Crippen molar-refractivity contribution in [1.29, 1.82) is 0 Å². The second-order valence-electron chi connectivity index (χ2n) is 3.68. The molecule has 3 N–H and O–H groups in total. The zero-order chi connectivity index (χ0) is 12.5. The zero-order valence-corrected chi connectivity index (χ0v) is 9.07. The number of rotatable bonds is 2. The Bertz CT molecular complexity index is 703. The van der Waals surface area contributed by atoms with Crippen molar-refractivity contribution >= 4 is 22.5 Å². The summed E-state index contributed by atoms with van der Waals surface area (Å²) in [5.74, 6) is -0.865. The van der Waals surface area contributed by atoms with E-state index in [9.17, 15) is 9.18 Å². The highest BCUT2D eigenvalue weighted by Crippen LogP contribution is 2.19. The lowest BCUT2D eigenvalue weighted by Gasteiger charge is -1.99. The van der Waals surface area contributed by atoms with Crippen LogP contribution in [0.2, 0.25) is 0 Å². The fourth-order valence-corrected chi connectivity index (χ4v) is 1.69. The Morgan fingerprint density at radius 1 is 1.39 bits per heavy atom. The number of halogens is 1. The van der Waals surface area contributed by atoms with Gasteiger partial charge < -0.3 is 5.32 Å². The number of H-pyrrole nitrogens is 2. The van der Waals surface area contributed by atoms with Crippen LogP contribution in [0.3, 0.4) is 0 Å². The highest BCUT2D eigenvalue weighted by atomic mass is 19.1. The molecule has 2 aromatic heterocycles. The molecule has 6 nitrogen and oxygen atoms in total. The number of nitrogens with one attached hydrogen (secondary N) is 3. The van der Waals surface area contributed by atoms with E-state index in [-0.39, 0.29) is 11.2 Å². The number of hydrogen-bond acceptors (Lipinski definition) is 3. The van der Waals surface area contributed by atoms with Crippen molar-refractivity contribution in [3.8, 4) is 0 Å². The first kappa shape index (κ1) is 10.5. The maximum absolute atomic E-state index is 13.4. The number of amides is 1. The van der Waals surface area contributed by atoms with Gasteiger partial charge in [-0.3, -0.25) is 15.0 Å². The molecule has 0 unspecified atom stereocenters. The van der Waals surface area contributed by atoms with Gasteiger partial charge in [0.25, 0.3) is 5.91 Å². The monoisotopic (exact) mass is 245 g/mol. The highest BCUT2D eigenvalue weighted by molar-refractivity contribution is 6.11. The van der Waals surface area contributed by atoms with Gasteiger partial charge in [0, 0.05) is 11.6 Å². The molecular formula is C11H8FN5O. The highest BCUT2D eigenvalue weighted by Gasteiger charge is 2.15. The minimum atomic E-state index is -0.467. The number of carbonyl (C=O) groups is 1. The van der Waals surface area contributed by atoms with Gasteiger partial charge in [0.1, 0.15) is 11.2 Å². The Morgan fingerprint density at radius 3 is 3.06 bits per heavy atom. The number of fused-ring (bicyclic) bond motifs is 1. The number of anilines is 1. The van der Waals surface area contributed by atoms with Gasteiger partial charge in [-0.15, -0.1) is 0 Å². The summed E-state index contributed by atoms with van der Waals surface area (Å²) in [5, 5.41) is 15.7. The molecule has 2 heterocycles. The van der Waals surface area contributed by atoms with E-state index in [1.54, 1.807) is 6.07 Å². The van der Waals surface area contributed by atoms with Gasteiger partial charge in [-0.1, -0.05) is 12.1 Å². The molecule has 0 aliphatic heterocycles. The van der Waals surface area contributed by atoms with E-state index in [2.05, 4.69) is 25.7 Å². The number of aromatic amines is 2. The Labute approximate surface area is 100 Å². The number of benzene rings is 1. The predicted molar refractivity (Wildman–Crippen MR) is 62.6 cm³/mol. The molecule has 1 aromatic carbocycles. The van der Waals surface area contributed by atoms with Crippen molar-refractivity contribution in [3.63, 3.8) is 0 Å². The molecule has 0 aliphatic carbocycles. The molecule has 0 saturated heterocycles. The Hall–Kier alpha value is -2.70. The van der Waals surface area contributed by atoms with E-state index >= 15 is 0 Å². The first-order valence-electron chi connectivity index (χ1n) is 5.18. The number of carbonyl (C=O) groups excluding carboxylic acids is 1. The lowest BCUT2D eigenvalue weighted by molar-refractivity contribution is 0.102. The van der Waals surface area contributed by atoms with E-state index in [1.165, 1.54) is 24.5 Å². The van der Waals surface area contributed by atoms with E-state index in [4.69, 9.17) is 0 Å². The fourth-order valence-electron chi connectivity index (χ4n) is 1.69. The molecule has 0 aliphatic rings. The molecule has 0 fully saturated rings. The topological polar surface area (TPSA) is 86.5 Å². The summed E-state index contributed by atoms with van der Waals surface area (Å²) in [6.45, 7) is 0. The molecular weight excluding hydrogens is 237 g/mol. The first-order valence-corrected chi connectivity index (χ1v) is 5.18. The second kappa shape index (κ2) is 3.95. The molecule has 0 atom stereocenters. The standard InChI is InChI=1S/C11H8FN5O/c12-8-3-1-2-7-9(8)16-17-10(7)11(18)15-6-4-13-14-5-6/h1-5H,(H,13,14)(H,15,18)(H,16,17). The third kappa shape index (κ3) is 1.61. The minimum Gasteiger partial charge on any atom is -0.318 e. The molecule has 0 bridgehead atoms. The molecule has 3 rings (SSSR count). The average Bonchev–Trinajstić information content (AvgIpc) is 2.98. The van der Waals surface area contributed by atoms with Gasteiger partial charge in [0.15, 0.2) is 5.82 Å². The predicted octanol–water partition coefficient (Wildman–Crippen LogP) is 1.68. The van der Waals surface area contributed by atoms with Crippen molar-refractivity contribution in [3.05, 3.63) is 42.1 Å². The Kier molecular flexibility index (Phi) is 2.30. The Morgan fingerprint density at radius 2 is 2.28 bits per heavy atom. The SMILES string of the molecule is O=C(Nc1cn[nH]c1)c1[nH]nc2c(F)cccc12. The van der Waals surface area contributed by atoms with Gasteiger partial charge in [-0.05, 0) is 6.07 Å². The fraction of sp³-hybridized carbons (Fsp3) is 0. The van der Waals surface area contributed by atoms with E-state index in [1.807, 2.05) is 0 Å². The number of hydrogen-bond donors (Lipinski definition) is 3. The second-order valence-corrected chi connectivity index (χ2v) is 3.68. The van der Waals surface area contributed by atoms with Crippen molar-refractivity contribution in [2.45, 2.75) is 0 Å². The summed E-state index contributed by atoms with van der Waals surface area (Å²) < 4.78 is 13.4. The van der Waals surface area contributed by atoms with Crippen LogP contribution in [-0.2, 0) is 0 Å². The van der Waals surface area contributed by atoms with Crippen LogP contribution in [0.25, 0.3) is 10.9 Å². The van der Waals surface area contributed by atoms with Crippen LogP contribution in [0.4, 0.5) is 10.1 Å². The van der Waals surface area contributed by atoms with E-state index in [0.29, 0.717) is 11.1 Å². The Balaban J connectivity index is 1.99. The zero-order valence-electron chi connectivity index (χ0n) is 9.07. The summed E-state index contributed by atoms with van der Waals surface area (Å²) in [6, 6.07) is 4.45. The molecule has 0 saturated carbocycles. The summed E-state index contributed by atoms with van der Waals surface area (Å²) in [7, 11) is 0. The summed E-state index contributed by atoms with van der Waals surface area (Å²) in [5.41, 5.74) is 0.889. The average molecular weight is 245 g/mol. The van der Waals surface area contributed by atoms with Gasteiger partial charge >= 0.3 is 0 Å². The third-order valence-corrected chi connectivity index (χ3v) is 2.52. The summed E-state index contributed by atoms with van der Waals surface area (Å²) in [4.78, 5) is 12.0. The molecule has 1 amide bonds. The lowest BCUT2D eigenvalue weighted by atomic mass is 10.2. The van der Waals surface area contributed by atoms with Crippen molar-refractivity contribution in [2.75, 3.05) is 5.32 Å². The molecule has 0 spiro atoms. The smallest absolute Gasteiger partial charge is 0.274 e. The minimum absolute atomic E-state index is 0.148. The van der Waals surface area contributed by atoms with Crippen LogP contribution < -0.4 is 5.32 Å². The normalized spacial score (nSPS) is 10.7. The first-order chi connectivity index (χ1) is 8.75. The number of nitrogens with zero attached hydrogens (tertiary/aromatic N) is 2. The van der Waals surface area contributed by atoms with E-state index in [0.717, 1.165) is 0 Å². The third-order valence-electron chi connectivity index (χ3n) is 2.52. The molecule has 3 aromatic rings. The van der Waals surface area contributed by atoms with Gasteiger partial charge in [-0.25, -0.2) is 4.39 Å². The van der Waals surface area contributed by atoms with Gasteiger partial charge in [-0.2, -0.15) is 10.2 Å². The van der Waals surface area contributed by atoms with Crippen LogP contribution in [0.5, 0.6) is 0 Å². The molecule has 18 heavy (non-hydrogen) atoms. The largest absolute Gasteiger partial charge is 0.318 e. The summed E-state index contributed by atoms with van der Waals surface area (Å²) >= 11 is 0. The van der Waals surface area contributed by atoms with Crippen LogP contribution in [0, 0.1) is 5.82 Å². The molecule has 7 heteroatoms. The van der Waals surface area contributed by atoms with Crippen molar-refractivity contribution < 1.29 is 9.18 Å².